The maximum Gasteiger partial charge on any atom is 0.238 e. The quantitative estimate of drug-likeness (QED) is 0.318. The maximum atomic E-state index is 13.5. The number of carbonyl (C=O) groups excluding carboxylic acids is 3. The molecule has 206 valence electrons. The molecule has 1 aromatic carbocycles. The number of aliphatic hydroxyl groups is 1. The van der Waals surface area contributed by atoms with Crippen molar-refractivity contribution in [3.63, 3.8) is 0 Å². The van der Waals surface area contributed by atoms with E-state index in [-0.39, 0.29) is 12.3 Å². The molecule has 0 bridgehead atoms. The van der Waals surface area contributed by atoms with Gasteiger partial charge < -0.3 is 27.2 Å². The highest BCUT2D eigenvalue weighted by atomic mass is 16.3. The molecule has 9 heteroatoms. The van der Waals surface area contributed by atoms with Gasteiger partial charge in [-0.2, -0.15) is 0 Å². The minimum atomic E-state index is -1.13. The number of benzene rings is 1. The van der Waals surface area contributed by atoms with E-state index >= 15 is 0 Å². The molecule has 3 amide bonds. The van der Waals surface area contributed by atoms with Gasteiger partial charge in [-0.1, -0.05) is 49.6 Å². The first-order valence-electron chi connectivity index (χ1n) is 13.6. The number of primary amides is 1. The van der Waals surface area contributed by atoms with Crippen LogP contribution in [0.5, 0.6) is 0 Å². The second-order valence-electron chi connectivity index (χ2n) is 11.8. The van der Waals surface area contributed by atoms with E-state index in [0.29, 0.717) is 37.6 Å². The first kappa shape index (κ1) is 29.1. The van der Waals surface area contributed by atoms with Crippen LogP contribution < -0.4 is 22.1 Å². The summed E-state index contributed by atoms with van der Waals surface area (Å²) in [5.41, 5.74) is 11.9. The van der Waals surface area contributed by atoms with Gasteiger partial charge in [-0.15, -0.1) is 0 Å². The molecular formula is C28H45N5O4. The van der Waals surface area contributed by atoms with Gasteiger partial charge in [-0.3, -0.25) is 19.3 Å². The van der Waals surface area contributed by atoms with Gasteiger partial charge >= 0.3 is 0 Å². The number of piperidine rings is 1. The molecule has 2 fully saturated rings. The minimum Gasteiger partial charge on any atom is -0.390 e. The summed E-state index contributed by atoms with van der Waals surface area (Å²) in [4.78, 5) is 39.9. The van der Waals surface area contributed by atoms with E-state index in [4.69, 9.17) is 11.5 Å². The molecule has 37 heavy (non-hydrogen) atoms. The predicted molar refractivity (Wildman–Crippen MR) is 143 cm³/mol. The Bertz CT molecular complexity index is 919. The number of aryl methyl sites for hydroxylation is 1. The number of rotatable bonds is 10. The van der Waals surface area contributed by atoms with E-state index in [1.54, 1.807) is 0 Å². The van der Waals surface area contributed by atoms with Crippen LogP contribution in [-0.2, 0) is 20.8 Å². The predicted octanol–water partition coefficient (Wildman–Crippen LogP) is 1.42. The number of nitrogens with one attached hydrogen (secondary N) is 2. The minimum absolute atomic E-state index is 0.104. The summed E-state index contributed by atoms with van der Waals surface area (Å²) in [7, 11) is 0. The average Bonchev–Trinajstić information content (AvgIpc) is 2.84. The highest BCUT2D eigenvalue weighted by Crippen LogP contribution is 2.39. The summed E-state index contributed by atoms with van der Waals surface area (Å²) >= 11 is 0. The molecule has 0 aromatic heterocycles. The molecule has 1 aliphatic carbocycles. The third kappa shape index (κ3) is 8.51. The summed E-state index contributed by atoms with van der Waals surface area (Å²) in [6.07, 6.45) is 4.07. The average molecular weight is 516 g/mol. The first-order chi connectivity index (χ1) is 17.4. The van der Waals surface area contributed by atoms with Crippen molar-refractivity contribution >= 4 is 17.7 Å². The van der Waals surface area contributed by atoms with Gasteiger partial charge in [-0.05, 0) is 63.9 Å². The second-order valence-corrected chi connectivity index (χ2v) is 11.8. The number of hydrogen-bond acceptors (Lipinski definition) is 6. The number of hydrogen-bond donors (Lipinski definition) is 5. The number of nitrogens with two attached hydrogens (primary N) is 2. The van der Waals surface area contributed by atoms with Crippen LogP contribution >= 0.6 is 0 Å². The number of likely N-dealkylation sites (tertiary alicyclic amines) is 1. The largest absolute Gasteiger partial charge is 0.390 e. The van der Waals surface area contributed by atoms with Crippen molar-refractivity contribution < 1.29 is 19.5 Å². The summed E-state index contributed by atoms with van der Waals surface area (Å²) < 4.78 is 0. The number of aliphatic hydroxyl groups excluding tert-OH is 1. The molecule has 9 nitrogen and oxygen atoms in total. The van der Waals surface area contributed by atoms with E-state index in [1.807, 2.05) is 56.0 Å². The van der Waals surface area contributed by atoms with E-state index in [0.717, 1.165) is 31.2 Å². The lowest BCUT2D eigenvalue weighted by atomic mass is 9.72. The lowest BCUT2D eigenvalue weighted by Crippen LogP contribution is -2.67. The van der Waals surface area contributed by atoms with E-state index in [9.17, 15) is 19.5 Å². The monoisotopic (exact) mass is 515 g/mol. The van der Waals surface area contributed by atoms with Crippen molar-refractivity contribution in [3.05, 3.63) is 35.9 Å². The topological polar surface area (TPSA) is 151 Å². The van der Waals surface area contributed by atoms with Crippen LogP contribution in [0.15, 0.2) is 30.3 Å². The van der Waals surface area contributed by atoms with Gasteiger partial charge in [0.1, 0.15) is 6.17 Å². The number of carbonyl (C=O) groups is 3. The first-order valence-corrected chi connectivity index (χ1v) is 13.6. The zero-order valence-electron chi connectivity index (χ0n) is 22.5. The highest BCUT2D eigenvalue weighted by molar-refractivity contribution is 5.88. The number of fused-ring (bicyclic) bond motifs is 1. The number of amides is 3. The summed E-state index contributed by atoms with van der Waals surface area (Å²) in [6, 6.07) is 8.20. The molecule has 1 saturated carbocycles. The Morgan fingerprint density at radius 2 is 1.76 bits per heavy atom. The van der Waals surface area contributed by atoms with Gasteiger partial charge in [0.2, 0.25) is 17.7 Å². The van der Waals surface area contributed by atoms with Crippen LogP contribution in [0.25, 0.3) is 0 Å². The third-order valence-electron chi connectivity index (χ3n) is 7.58. The van der Waals surface area contributed by atoms with Crippen LogP contribution in [0, 0.1) is 11.8 Å². The standard InChI is InChI=1S/C28H45N5O4/c1-28(2,3)32-27(37)22-15-19-11-7-8-12-20(19)17-33(22)25(31-26(36)21(29)16-24(30)35)23(34)14-13-18-9-5-4-6-10-18/h4-6,9-10,19-23,25,34H,7-8,11-17,29H2,1-3H3,(H2,30,35)(H,31,36)(H,32,37)/t19-,20+,21-,22-,23+,25?/m0/s1. The van der Waals surface area contributed by atoms with Crippen LogP contribution in [0.2, 0.25) is 0 Å². The molecule has 6 atom stereocenters. The molecule has 1 aliphatic heterocycles. The van der Waals surface area contributed by atoms with Crippen molar-refractivity contribution in [2.24, 2.45) is 23.3 Å². The summed E-state index contributed by atoms with van der Waals surface area (Å²) in [5, 5.41) is 17.4. The van der Waals surface area contributed by atoms with Crippen molar-refractivity contribution in [3.8, 4) is 0 Å². The molecule has 0 radical (unpaired) electrons. The Morgan fingerprint density at radius 3 is 2.38 bits per heavy atom. The lowest BCUT2D eigenvalue weighted by Gasteiger charge is -2.49. The zero-order valence-corrected chi connectivity index (χ0v) is 22.5. The summed E-state index contributed by atoms with van der Waals surface area (Å²) in [5.74, 6) is -0.506. The second kappa shape index (κ2) is 12.8. The van der Waals surface area contributed by atoms with Gasteiger partial charge in [0, 0.05) is 12.1 Å². The zero-order chi connectivity index (χ0) is 27.2. The van der Waals surface area contributed by atoms with Crippen LogP contribution in [-0.4, -0.2) is 64.2 Å². The third-order valence-corrected chi connectivity index (χ3v) is 7.58. The highest BCUT2D eigenvalue weighted by Gasteiger charge is 2.45. The Labute approximate surface area is 220 Å². The van der Waals surface area contributed by atoms with Gasteiger partial charge in [-0.25, -0.2) is 0 Å². The fraction of sp³-hybridized carbons (Fsp3) is 0.679. The van der Waals surface area contributed by atoms with Crippen molar-refractivity contribution in [2.45, 2.75) is 102 Å². The van der Waals surface area contributed by atoms with Gasteiger partial charge in [0.05, 0.1) is 24.6 Å². The fourth-order valence-corrected chi connectivity index (χ4v) is 5.75. The van der Waals surface area contributed by atoms with Crippen LogP contribution in [0.3, 0.4) is 0 Å². The Hall–Kier alpha value is -2.49. The van der Waals surface area contributed by atoms with Crippen LogP contribution in [0.4, 0.5) is 0 Å². The van der Waals surface area contributed by atoms with Crippen LogP contribution in [0.1, 0.15) is 71.3 Å². The van der Waals surface area contributed by atoms with Crippen molar-refractivity contribution in [1.29, 1.82) is 0 Å². The maximum absolute atomic E-state index is 13.5. The molecule has 7 N–H and O–H groups in total. The molecule has 0 spiro atoms. The van der Waals surface area contributed by atoms with E-state index < -0.39 is 41.7 Å². The molecule has 1 saturated heterocycles. The smallest absolute Gasteiger partial charge is 0.238 e. The van der Waals surface area contributed by atoms with Gasteiger partial charge in [0.15, 0.2) is 0 Å². The lowest BCUT2D eigenvalue weighted by molar-refractivity contribution is -0.141. The molecule has 3 rings (SSSR count). The normalized spacial score (nSPS) is 24.8. The van der Waals surface area contributed by atoms with Crippen molar-refractivity contribution in [1.82, 2.24) is 15.5 Å². The fourth-order valence-electron chi connectivity index (χ4n) is 5.75. The molecule has 1 aromatic rings. The molecular weight excluding hydrogens is 470 g/mol. The van der Waals surface area contributed by atoms with Crippen molar-refractivity contribution in [2.75, 3.05) is 6.54 Å². The van der Waals surface area contributed by atoms with E-state index in [1.165, 1.54) is 0 Å². The number of nitrogens with zero attached hydrogens (tertiary/aromatic N) is 1. The van der Waals surface area contributed by atoms with Gasteiger partial charge in [0.25, 0.3) is 0 Å². The summed E-state index contributed by atoms with van der Waals surface area (Å²) in [6.45, 7) is 6.43. The SMILES string of the molecule is CC(C)(C)NC(=O)[C@@H]1C[C@@H]2CCCC[C@@H]2CN1C(NC(=O)[C@@H](N)CC(N)=O)[C@H](O)CCc1ccccc1. The Kier molecular flexibility index (Phi) is 10.1. The Morgan fingerprint density at radius 1 is 1.11 bits per heavy atom. The molecule has 1 unspecified atom stereocenters. The molecule has 1 heterocycles. The molecule has 2 aliphatic rings. The Balaban J connectivity index is 1.88. The van der Waals surface area contributed by atoms with E-state index in [2.05, 4.69) is 10.6 Å².